The Morgan fingerprint density at radius 1 is 1.05 bits per heavy atom. The van der Waals surface area contributed by atoms with E-state index in [2.05, 4.69) is 0 Å². The van der Waals surface area contributed by atoms with Crippen LogP contribution in [0.5, 0.6) is 0 Å². The number of hydrogen-bond donors (Lipinski definition) is 1. The van der Waals surface area contributed by atoms with E-state index in [1.807, 2.05) is 33.8 Å². The van der Waals surface area contributed by atoms with Crippen molar-refractivity contribution in [2.45, 2.75) is 34.1 Å². The van der Waals surface area contributed by atoms with Crippen LogP contribution in [-0.4, -0.2) is 39.7 Å². The Labute approximate surface area is 127 Å². The van der Waals surface area contributed by atoms with Crippen molar-refractivity contribution in [3.8, 4) is 0 Å². The molecule has 1 N–H and O–H groups in total. The van der Waals surface area contributed by atoms with Crippen LogP contribution in [0.2, 0.25) is 0 Å². The van der Waals surface area contributed by atoms with E-state index < -0.39 is 14.8 Å². The molecule has 0 aliphatic carbocycles. The summed E-state index contributed by atoms with van der Waals surface area (Å²) in [4.78, 5) is 11.2. The van der Waals surface area contributed by atoms with Gasteiger partial charge < -0.3 is 18.4 Å². The molecule has 6 heteroatoms. The molecule has 0 heterocycles. The van der Waals surface area contributed by atoms with Gasteiger partial charge in [-0.15, -0.1) is 0 Å². The predicted molar refractivity (Wildman–Crippen MR) is 83.0 cm³/mol. The molecule has 1 rings (SSSR count). The van der Waals surface area contributed by atoms with Gasteiger partial charge in [-0.25, -0.2) is 4.79 Å². The molecule has 5 nitrogen and oxygen atoms in total. The van der Waals surface area contributed by atoms with Gasteiger partial charge in [-0.3, -0.25) is 0 Å². The lowest BCUT2D eigenvalue weighted by molar-refractivity contribution is 0.0694. The highest BCUT2D eigenvalue weighted by Crippen LogP contribution is 2.15. The lowest BCUT2D eigenvalue weighted by Crippen LogP contribution is -2.57. The first-order valence-corrected chi connectivity index (χ1v) is 9.05. The fourth-order valence-electron chi connectivity index (χ4n) is 2.23. The van der Waals surface area contributed by atoms with Crippen LogP contribution in [0, 0.1) is 0 Å². The first-order valence-electron chi connectivity index (χ1n) is 7.33. The second-order valence-electron chi connectivity index (χ2n) is 4.39. The van der Waals surface area contributed by atoms with E-state index in [0.717, 1.165) is 10.8 Å². The molecule has 0 radical (unpaired) electrons. The summed E-state index contributed by atoms with van der Waals surface area (Å²) < 4.78 is 17.5. The Morgan fingerprint density at radius 3 is 1.95 bits per heavy atom. The average molecular weight is 312 g/mol. The van der Waals surface area contributed by atoms with Gasteiger partial charge in [-0.1, -0.05) is 19.1 Å². The molecule has 0 atom stereocenters. The topological polar surface area (TPSA) is 65.0 Å². The smallest absolute Gasteiger partial charge is 0.478 e. The van der Waals surface area contributed by atoms with E-state index in [1.165, 1.54) is 0 Å². The highest BCUT2D eigenvalue weighted by atomic mass is 28.4. The molecule has 21 heavy (non-hydrogen) atoms. The van der Waals surface area contributed by atoms with Crippen molar-refractivity contribution in [1.82, 2.24) is 0 Å². The number of hydrogen-bond acceptors (Lipinski definition) is 4. The fraction of sp³-hybridized carbons (Fsp3) is 0.533. The maximum Gasteiger partial charge on any atom is 0.537 e. The molecule has 0 saturated heterocycles. The van der Waals surface area contributed by atoms with Crippen LogP contribution in [0.1, 0.15) is 43.6 Å². The fourth-order valence-corrected chi connectivity index (χ4v) is 4.76. The molecule has 0 saturated carbocycles. The van der Waals surface area contributed by atoms with Crippen molar-refractivity contribution < 1.29 is 23.2 Å². The van der Waals surface area contributed by atoms with Crippen LogP contribution < -0.4 is 5.19 Å². The number of benzene rings is 1. The van der Waals surface area contributed by atoms with Gasteiger partial charge in [0.15, 0.2) is 0 Å². The molecule has 0 aliphatic rings. The quantitative estimate of drug-likeness (QED) is 0.708. The van der Waals surface area contributed by atoms with Crippen molar-refractivity contribution >= 4 is 20.0 Å². The molecule has 0 bridgehead atoms. The zero-order chi connectivity index (χ0) is 15.9. The molecule has 0 amide bonds. The summed E-state index contributed by atoms with van der Waals surface area (Å²) >= 11 is 0. The molecule has 0 fully saturated rings. The zero-order valence-electron chi connectivity index (χ0n) is 13.1. The van der Waals surface area contributed by atoms with E-state index >= 15 is 0 Å². The summed E-state index contributed by atoms with van der Waals surface area (Å²) in [6, 6.07) is 5.20. The van der Waals surface area contributed by atoms with Crippen LogP contribution in [0.4, 0.5) is 0 Å². The lowest BCUT2D eigenvalue weighted by Gasteiger charge is -2.29. The molecule has 0 unspecified atom stereocenters. The van der Waals surface area contributed by atoms with E-state index in [1.54, 1.807) is 12.1 Å². The average Bonchev–Trinajstić information content (AvgIpc) is 2.47. The van der Waals surface area contributed by atoms with Crippen LogP contribution in [-0.2, 0) is 19.7 Å². The molecule has 1 aromatic rings. The van der Waals surface area contributed by atoms with Gasteiger partial charge in [-0.05, 0) is 38.8 Å². The Bertz CT molecular complexity index is 458. The molecule has 0 aromatic heterocycles. The predicted octanol–water partition coefficient (Wildman–Crippen LogP) is 2.20. The number of aromatic carboxylic acids is 1. The van der Waals surface area contributed by atoms with Crippen molar-refractivity contribution in [1.29, 1.82) is 0 Å². The van der Waals surface area contributed by atoms with Gasteiger partial charge in [-0.2, -0.15) is 0 Å². The van der Waals surface area contributed by atoms with E-state index in [4.69, 9.17) is 13.3 Å². The minimum Gasteiger partial charge on any atom is -0.478 e. The first-order chi connectivity index (χ1) is 10.0. The van der Waals surface area contributed by atoms with Crippen molar-refractivity contribution in [3.63, 3.8) is 0 Å². The summed E-state index contributed by atoms with van der Waals surface area (Å²) in [5.74, 6) is -0.921. The maximum absolute atomic E-state index is 11.2. The lowest BCUT2D eigenvalue weighted by atomic mass is 10.1. The molecule has 0 aliphatic heterocycles. The van der Waals surface area contributed by atoms with Crippen LogP contribution >= 0.6 is 0 Å². The van der Waals surface area contributed by atoms with Crippen LogP contribution in [0.15, 0.2) is 18.2 Å². The van der Waals surface area contributed by atoms with E-state index in [9.17, 15) is 9.90 Å². The van der Waals surface area contributed by atoms with E-state index in [0.29, 0.717) is 31.8 Å². The number of carboxylic acid groups (broad SMARTS) is 1. The third-order valence-corrected chi connectivity index (χ3v) is 6.10. The maximum atomic E-state index is 11.2. The van der Waals surface area contributed by atoms with Gasteiger partial charge in [0.05, 0.1) is 5.56 Å². The summed E-state index contributed by atoms with van der Waals surface area (Å²) in [6.07, 6.45) is 0.629. The monoisotopic (exact) mass is 312 g/mol. The Kier molecular flexibility index (Phi) is 7.04. The second-order valence-corrected chi connectivity index (χ2v) is 6.94. The van der Waals surface area contributed by atoms with Crippen LogP contribution in [0.3, 0.4) is 0 Å². The highest BCUT2D eigenvalue weighted by molar-refractivity contribution is 6.75. The summed E-state index contributed by atoms with van der Waals surface area (Å²) in [5.41, 5.74) is 1.07. The highest BCUT2D eigenvalue weighted by Gasteiger charge is 2.43. The van der Waals surface area contributed by atoms with Gasteiger partial charge in [0, 0.05) is 25.0 Å². The standard InChI is InChI=1S/C15H24O5Si/c1-5-12-11-13(9-10-14(12)15(16)17)21(18-6-2,19-7-3)20-8-4/h9-11H,5-8H2,1-4H3,(H,16,17). The Balaban J connectivity index is 3.32. The zero-order valence-corrected chi connectivity index (χ0v) is 14.1. The molecular weight excluding hydrogens is 288 g/mol. The van der Waals surface area contributed by atoms with Crippen molar-refractivity contribution in [2.75, 3.05) is 19.8 Å². The minimum atomic E-state index is -2.97. The van der Waals surface area contributed by atoms with Crippen molar-refractivity contribution in [3.05, 3.63) is 29.3 Å². The SMILES string of the molecule is CCO[Si](OCC)(OCC)c1ccc(C(=O)O)c(CC)c1. The Hall–Kier alpha value is -1.21. The van der Waals surface area contributed by atoms with Crippen LogP contribution in [0.25, 0.3) is 0 Å². The summed E-state index contributed by atoms with van der Waals surface area (Å²) in [7, 11) is -2.97. The van der Waals surface area contributed by atoms with Gasteiger partial charge in [0.2, 0.25) is 0 Å². The van der Waals surface area contributed by atoms with E-state index in [-0.39, 0.29) is 0 Å². The van der Waals surface area contributed by atoms with Gasteiger partial charge >= 0.3 is 14.8 Å². The molecular formula is C15H24O5Si. The molecule has 1 aromatic carbocycles. The normalized spacial score (nSPS) is 11.6. The summed E-state index contributed by atoms with van der Waals surface area (Å²) in [6.45, 7) is 9.05. The number of carboxylic acids is 1. The third kappa shape index (κ3) is 4.13. The summed E-state index contributed by atoms with van der Waals surface area (Å²) in [5, 5.41) is 10.0. The minimum absolute atomic E-state index is 0.314. The van der Waals surface area contributed by atoms with Crippen molar-refractivity contribution in [2.24, 2.45) is 0 Å². The van der Waals surface area contributed by atoms with Gasteiger partial charge in [0.25, 0.3) is 0 Å². The number of rotatable bonds is 9. The van der Waals surface area contributed by atoms with Gasteiger partial charge in [0.1, 0.15) is 0 Å². The number of aryl methyl sites for hydroxylation is 1. The largest absolute Gasteiger partial charge is 0.537 e. The Morgan fingerprint density at radius 2 is 1.57 bits per heavy atom. The second kappa shape index (κ2) is 8.28. The third-order valence-electron chi connectivity index (χ3n) is 3.07. The first kappa shape index (κ1) is 17.8. The molecule has 0 spiro atoms. The number of carbonyl (C=O) groups is 1. The molecule has 118 valence electrons.